The zero-order valence-corrected chi connectivity index (χ0v) is 25.5. The van der Waals surface area contributed by atoms with Gasteiger partial charge in [-0.15, -0.1) is 0 Å². The standard InChI is InChI=1S/C32H30ClF3N6O4/c1-45-42(13-2-3-14-42)15-16-46-26-10-7-23(8-11-26)41-31-37-19-25(20-38-31)40-30(44)27-18-24(9-12-28(27)33)39-29(43)21-5-4-6-22(17-21)32(34,35)36/h4-12,17-20H,2-3,13-16H2,1H3,(H2-,37,38,39,40,41,43,44)/p+1. The number of aromatic nitrogens is 2. The van der Waals surface area contributed by atoms with Crippen LogP contribution < -0.4 is 20.7 Å². The van der Waals surface area contributed by atoms with Crippen molar-refractivity contribution in [1.82, 2.24) is 9.97 Å². The second kappa shape index (κ2) is 14.1. The molecule has 0 atom stereocenters. The van der Waals surface area contributed by atoms with Crippen LogP contribution in [0.4, 0.5) is 36.2 Å². The summed E-state index contributed by atoms with van der Waals surface area (Å²) < 4.78 is 45.6. The van der Waals surface area contributed by atoms with Crippen molar-refractivity contribution in [2.45, 2.75) is 19.0 Å². The van der Waals surface area contributed by atoms with Gasteiger partial charge in [-0.1, -0.05) is 17.7 Å². The van der Waals surface area contributed by atoms with Gasteiger partial charge in [0.15, 0.2) is 0 Å². The van der Waals surface area contributed by atoms with E-state index in [1.165, 1.54) is 36.7 Å². The van der Waals surface area contributed by atoms with Gasteiger partial charge in [0.05, 0.1) is 41.3 Å². The minimum Gasteiger partial charge on any atom is -0.488 e. The Bertz CT molecular complexity index is 1680. The third kappa shape index (κ3) is 8.30. The lowest BCUT2D eigenvalue weighted by molar-refractivity contribution is -1.09. The molecule has 0 aliphatic carbocycles. The van der Waals surface area contributed by atoms with Gasteiger partial charge in [-0.05, 0) is 60.7 Å². The zero-order valence-electron chi connectivity index (χ0n) is 24.7. The van der Waals surface area contributed by atoms with Gasteiger partial charge in [0.2, 0.25) is 5.95 Å². The van der Waals surface area contributed by atoms with Crippen molar-refractivity contribution < 1.29 is 37.0 Å². The lowest BCUT2D eigenvalue weighted by Gasteiger charge is -2.29. The van der Waals surface area contributed by atoms with Crippen molar-refractivity contribution in [3.63, 3.8) is 0 Å². The number of amides is 2. The molecule has 1 saturated heterocycles. The predicted octanol–water partition coefficient (Wildman–Crippen LogP) is 6.95. The van der Waals surface area contributed by atoms with Crippen molar-refractivity contribution in [2.24, 2.45) is 0 Å². The van der Waals surface area contributed by atoms with Gasteiger partial charge in [-0.2, -0.15) is 17.8 Å². The highest BCUT2D eigenvalue weighted by molar-refractivity contribution is 6.34. The van der Waals surface area contributed by atoms with Crippen molar-refractivity contribution >= 4 is 46.4 Å². The van der Waals surface area contributed by atoms with Gasteiger partial charge >= 0.3 is 6.18 Å². The number of hydrogen-bond acceptors (Lipinski definition) is 7. The Morgan fingerprint density at radius 2 is 1.57 bits per heavy atom. The SMILES string of the molecule is CO[N+]1(CCOc2ccc(Nc3ncc(NC(=O)c4cc(NC(=O)c5cccc(C(F)(F)F)c5)ccc4Cl)cn3)cc2)CCCC1. The third-order valence-electron chi connectivity index (χ3n) is 7.48. The number of nitrogens with one attached hydrogen (secondary N) is 3. The van der Waals surface area contributed by atoms with E-state index >= 15 is 0 Å². The predicted molar refractivity (Wildman–Crippen MR) is 167 cm³/mol. The second-order valence-electron chi connectivity index (χ2n) is 10.6. The topological polar surface area (TPSA) is 114 Å². The number of hydroxylamine groups is 3. The summed E-state index contributed by atoms with van der Waals surface area (Å²) in [5.74, 6) is -0.360. The number of benzene rings is 3. The smallest absolute Gasteiger partial charge is 0.416 e. The summed E-state index contributed by atoms with van der Waals surface area (Å²) in [7, 11) is 1.74. The summed E-state index contributed by atoms with van der Waals surface area (Å²) in [5, 5.41) is 8.31. The van der Waals surface area contributed by atoms with Crippen LogP contribution in [0.1, 0.15) is 39.1 Å². The Morgan fingerprint density at radius 1 is 0.891 bits per heavy atom. The number of rotatable bonds is 11. The summed E-state index contributed by atoms with van der Waals surface area (Å²) in [5.41, 5.74) is 0.0555. The van der Waals surface area contributed by atoms with Gasteiger partial charge in [0.25, 0.3) is 11.8 Å². The highest BCUT2D eigenvalue weighted by atomic mass is 35.5. The van der Waals surface area contributed by atoms with Crippen LogP contribution in [0.3, 0.4) is 0 Å². The molecule has 4 aromatic rings. The van der Waals surface area contributed by atoms with Gasteiger partial charge in [0, 0.05) is 29.8 Å². The fraction of sp³-hybridized carbons (Fsp3) is 0.250. The fourth-order valence-electron chi connectivity index (χ4n) is 4.98. The van der Waals surface area contributed by atoms with E-state index in [9.17, 15) is 22.8 Å². The van der Waals surface area contributed by atoms with Gasteiger partial charge in [0.1, 0.15) is 32.0 Å². The number of nitrogens with zero attached hydrogens (tertiary/aromatic N) is 3. The maximum atomic E-state index is 13.0. The summed E-state index contributed by atoms with van der Waals surface area (Å²) in [6.07, 6.45) is 0.535. The largest absolute Gasteiger partial charge is 0.488 e. The van der Waals surface area contributed by atoms with Crippen LogP contribution in [-0.2, 0) is 11.0 Å². The molecule has 0 spiro atoms. The molecule has 0 saturated carbocycles. The second-order valence-corrected chi connectivity index (χ2v) is 11.0. The van der Waals surface area contributed by atoms with Crippen molar-refractivity contribution in [3.05, 3.63) is 101 Å². The highest BCUT2D eigenvalue weighted by Crippen LogP contribution is 2.30. The van der Waals surface area contributed by atoms with Crippen molar-refractivity contribution in [2.75, 3.05) is 49.3 Å². The first-order valence-corrected chi connectivity index (χ1v) is 14.7. The maximum Gasteiger partial charge on any atom is 0.416 e. The van der Waals surface area contributed by atoms with E-state index < -0.39 is 23.6 Å². The zero-order chi connectivity index (χ0) is 32.7. The van der Waals surface area contributed by atoms with Crippen LogP contribution in [0.25, 0.3) is 0 Å². The van der Waals surface area contributed by atoms with E-state index in [4.69, 9.17) is 21.2 Å². The maximum absolute atomic E-state index is 13.0. The fourth-order valence-corrected chi connectivity index (χ4v) is 5.18. The Hall–Kier alpha value is -4.72. The lowest BCUT2D eigenvalue weighted by atomic mass is 10.1. The van der Waals surface area contributed by atoms with Gasteiger partial charge in [-0.25, -0.2) is 14.8 Å². The first-order valence-electron chi connectivity index (χ1n) is 14.4. The molecule has 10 nitrogen and oxygen atoms in total. The molecular weight excluding hydrogens is 625 g/mol. The molecule has 2 heterocycles. The molecule has 5 rings (SSSR count). The van der Waals surface area contributed by atoms with Crippen LogP contribution in [0, 0.1) is 0 Å². The molecule has 1 aliphatic heterocycles. The Balaban J connectivity index is 1.14. The molecule has 3 aromatic carbocycles. The third-order valence-corrected chi connectivity index (χ3v) is 7.81. The van der Waals surface area contributed by atoms with E-state index in [0.717, 1.165) is 62.1 Å². The van der Waals surface area contributed by atoms with E-state index in [1.54, 1.807) is 7.11 Å². The van der Waals surface area contributed by atoms with E-state index in [1.807, 2.05) is 24.3 Å². The molecule has 46 heavy (non-hydrogen) atoms. The van der Waals surface area contributed by atoms with Gasteiger partial charge < -0.3 is 20.7 Å². The number of likely N-dealkylation sites (tertiary alicyclic amines) is 1. The molecular formula is C32H31ClF3N6O4+. The van der Waals surface area contributed by atoms with Crippen LogP contribution in [0.5, 0.6) is 5.75 Å². The number of anilines is 4. The Kier molecular flexibility index (Phi) is 10.0. The van der Waals surface area contributed by atoms with Crippen molar-refractivity contribution in [1.29, 1.82) is 0 Å². The number of alkyl halides is 3. The number of halogens is 4. The molecule has 0 radical (unpaired) electrons. The van der Waals surface area contributed by atoms with E-state index in [0.29, 0.717) is 17.2 Å². The molecule has 1 fully saturated rings. The first kappa shape index (κ1) is 32.7. The number of ether oxygens (including phenoxy) is 1. The normalized spacial score (nSPS) is 14.0. The monoisotopic (exact) mass is 655 g/mol. The van der Waals surface area contributed by atoms with Crippen LogP contribution in [0.2, 0.25) is 5.02 Å². The summed E-state index contributed by atoms with van der Waals surface area (Å²) >= 11 is 6.22. The lowest BCUT2D eigenvalue weighted by Crippen LogP contribution is -2.46. The minimum absolute atomic E-state index is 0.0209. The quantitative estimate of drug-likeness (QED) is 0.150. The molecule has 0 bridgehead atoms. The Labute approximate surface area is 268 Å². The van der Waals surface area contributed by atoms with Crippen molar-refractivity contribution in [3.8, 4) is 5.75 Å². The summed E-state index contributed by atoms with van der Waals surface area (Å²) in [6, 6.07) is 15.5. The molecule has 1 aliphatic rings. The highest BCUT2D eigenvalue weighted by Gasteiger charge is 2.33. The van der Waals surface area contributed by atoms with Crippen LogP contribution in [-0.4, -0.2) is 59.8 Å². The molecule has 14 heteroatoms. The number of quaternary nitrogens is 1. The average Bonchev–Trinajstić information content (AvgIpc) is 3.52. The molecule has 1 aromatic heterocycles. The number of carbonyl (C=O) groups is 2. The van der Waals surface area contributed by atoms with Crippen LogP contribution in [0.15, 0.2) is 79.1 Å². The van der Waals surface area contributed by atoms with Gasteiger partial charge in [-0.3, -0.25) is 9.59 Å². The summed E-state index contributed by atoms with van der Waals surface area (Å²) in [6.45, 7) is 3.33. The summed E-state index contributed by atoms with van der Waals surface area (Å²) in [4.78, 5) is 39.7. The van der Waals surface area contributed by atoms with E-state index in [2.05, 4.69) is 25.9 Å². The molecule has 240 valence electrons. The minimum atomic E-state index is -4.59. The number of hydrogen-bond donors (Lipinski definition) is 3. The first-order chi connectivity index (χ1) is 22.0. The van der Waals surface area contributed by atoms with E-state index in [-0.39, 0.29) is 27.5 Å². The van der Waals surface area contributed by atoms with Crippen LogP contribution >= 0.6 is 11.6 Å². The number of carbonyl (C=O) groups excluding carboxylic acids is 2. The molecule has 3 N–H and O–H groups in total. The molecule has 2 amide bonds. The average molecular weight is 656 g/mol. The molecule has 0 unspecified atom stereocenters. The Morgan fingerprint density at radius 3 is 2.24 bits per heavy atom.